The number of benzene rings is 1. The second-order valence-corrected chi connectivity index (χ2v) is 5.46. The number of thiophene rings is 1. The van der Waals surface area contributed by atoms with E-state index in [0.717, 1.165) is 0 Å². The van der Waals surface area contributed by atoms with Crippen LogP contribution in [0.3, 0.4) is 0 Å². The standard InChI is InChI=1S/C13H8BrFN2O2S/c14-10-5-9(15)1-2-11(10)19-7-12(18)17-13-8(6-16)3-4-20-13/h1-5H,7H2,(H,17,18). The van der Waals surface area contributed by atoms with Gasteiger partial charge in [0.15, 0.2) is 6.61 Å². The summed E-state index contributed by atoms with van der Waals surface area (Å²) >= 11 is 4.40. The Morgan fingerprint density at radius 3 is 3.00 bits per heavy atom. The summed E-state index contributed by atoms with van der Waals surface area (Å²) in [5.74, 6) is -0.417. The van der Waals surface area contributed by atoms with E-state index >= 15 is 0 Å². The minimum absolute atomic E-state index is 0.229. The molecule has 1 N–H and O–H groups in total. The molecule has 0 spiro atoms. The monoisotopic (exact) mass is 354 g/mol. The third kappa shape index (κ3) is 3.56. The van der Waals surface area contributed by atoms with E-state index in [0.29, 0.717) is 20.8 Å². The Labute approximate surface area is 126 Å². The molecule has 1 aromatic carbocycles. The molecule has 0 aliphatic rings. The van der Waals surface area contributed by atoms with Crippen LogP contribution in [0.15, 0.2) is 34.1 Å². The van der Waals surface area contributed by atoms with Crippen LogP contribution in [0.1, 0.15) is 5.56 Å². The molecule has 102 valence electrons. The van der Waals surface area contributed by atoms with Crippen LogP contribution in [0.5, 0.6) is 5.75 Å². The van der Waals surface area contributed by atoms with Crippen molar-refractivity contribution < 1.29 is 13.9 Å². The number of ether oxygens (including phenoxy) is 1. The molecule has 0 atom stereocenters. The van der Waals surface area contributed by atoms with Crippen LogP contribution in [0.2, 0.25) is 0 Å². The van der Waals surface area contributed by atoms with E-state index in [1.54, 1.807) is 11.4 Å². The van der Waals surface area contributed by atoms with Crippen molar-refractivity contribution in [3.8, 4) is 11.8 Å². The number of hydrogen-bond donors (Lipinski definition) is 1. The molecule has 1 heterocycles. The van der Waals surface area contributed by atoms with E-state index in [9.17, 15) is 9.18 Å². The smallest absolute Gasteiger partial charge is 0.262 e. The van der Waals surface area contributed by atoms with E-state index in [4.69, 9.17) is 10.00 Å². The molecule has 2 rings (SSSR count). The van der Waals surface area contributed by atoms with Gasteiger partial charge in [-0.15, -0.1) is 11.3 Å². The number of carbonyl (C=O) groups excluding carboxylic acids is 1. The molecule has 1 aromatic heterocycles. The molecule has 4 nitrogen and oxygen atoms in total. The number of rotatable bonds is 4. The summed E-state index contributed by atoms with van der Waals surface area (Å²) in [5, 5.41) is 13.6. The van der Waals surface area contributed by atoms with Gasteiger partial charge in [-0.1, -0.05) is 0 Å². The normalized spacial score (nSPS) is 9.85. The molecule has 0 aliphatic carbocycles. The molecule has 0 bridgehead atoms. The highest BCUT2D eigenvalue weighted by molar-refractivity contribution is 9.10. The zero-order valence-corrected chi connectivity index (χ0v) is 12.4. The average molecular weight is 355 g/mol. The summed E-state index contributed by atoms with van der Waals surface area (Å²) in [6.07, 6.45) is 0. The number of carbonyl (C=O) groups is 1. The van der Waals surface area contributed by atoms with Gasteiger partial charge in [-0.3, -0.25) is 4.79 Å². The van der Waals surface area contributed by atoms with Gasteiger partial charge in [0.25, 0.3) is 5.91 Å². The van der Waals surface area contributed by atoms with E-state index in [1.807, 2.05) is 6.07 Å². The van der Waals surface area contributed by atoms with Crippen molar-refractivity contribution >= 4 is 38.2 Å². The molecular formula is C13H8BrFN2O2S. The minimum atomic E-state index is -0.397. The zero-order chi connectivity index (χ0) is 14.5. The molecule has 0 aliphatic heterocycles. The molecule has 2 aromatic rings. The van der Waals surface area contributed by atoms with E-state index in [1.165, 1.54) is 29.5 Å². The predicted octanol–water partition coefficient (Wildman–Crippen LogP) is 3.54. The minimum Gasteiger partial charge on any atom is -0.483 e. The summed E-state index contributed by atoms with van der Waals surface area (Å²) in [7, 11) is 0. The Balaban J connectivity index is 1.94. The van der Waals surface area contributed by atoms with Gasteiger partial charge in [-0.2, -0.15) is 5.26 Å². The van der Waals surface area contributed by atoms with Gasteiger partial charge in [-0.05, 0) is 45.6 Å². The Hall–Kier alpha value is -1.91. The average Bonchev–Trinajstić information content (AvgIpc) is 2.85. The third-order valence-corrected chi connectivity index (χ3v) is 3.74. The van der Waals surface area contributed by atoms with Gasteiger partial charge < -0.3 is 10.1 Å². The highest BCUT2D eigenvalue weighted by Gasteiger charge is 2.10. The first kappa shape index (κ1) is 14.5. The first-order chi connectivity index (χ1) is 9.60. The summed E-state index contributed by atoms with van der Waals surface area (Å²) < 4.78 is 18.6. The van der Waals surface area contributed by atoms with Crippen molar-refractivity contribution in [1.82, 2.24) is 0 Å². The molecule has 7 heteroatoms. The number of nitrogens with zero attached hydrogens (tertiary/aromatic N) is 1. The van der Waals surface area contributed by atoms with Crippen LogP contribution in [-0.2, 0) is 4.79 Å². The van der Waals surface area contributed by atoms with Gasteiger partial charge >= 0.3 is 0 Å². The second kappa shape index (κ2) is 6.50. The number of hydrogen-bond acceptors (Lipinski definition) is 4. The SMILES string of the molecule is N#Cc1ccsc1NC(=O)COc1ccc(F)cc1Br. The van der Waals surface area contributed by atoms with E-state index in [2.05, 4.69) is 21.2 Å². The summed E-state index contributed by atoms with van der Waals surface area (Å²) in [6, 6.07) is 7.52. The largest absolute Gasteiger partial charge is 0.483 e. The topological polar surface area (TPSA) is 62.1 Å². The lowest BCUT2D eigenvalue weighted by Crippen LogP contribution is -2.20. The van der Waals surface area contributed by atoms with Crippen molar-refractivity contribution in [3.63, 3.8) is 0 Å². The van der Waals surface area contributed by atoms with Crippen LogP contribution < -0.4 is 10.1 Å². The Morgan fingerprint density at radius 2 is 2.30 bits per heavy atom. The molecule has 0 unspecified atom stereocenters. The van der Waals surface area contributed by atoms with Crippen LogP contribution in [0.25, 0.3) is 0 Å². The Kier molecular flexibility index (Phi) is 4.71. The molecule has 0 saturated heterocycles. The molecular weight excluding hydrogens is 347 g/mol. The highest BCUT2D eigenvalue weighted by atomic mass is 79.9. The molecule has 0 saturated carbocycles. The maximum Gasteiger partial charge on any atom is 0.262 e. The van der Waals surface area contributed by atoms with Gasteiger partial charge in [0.1, 0.15) is 22.6 Å². The zero-order valence-electron chi connectivity index (χ0n) is 10.0. The van der Waals surface area contributed by atoms with Crippen molar-refractivity contribution in [2.45, 2.75) is 0 Å². The Morgan fingerprint density at radius 1 is 1.50 bits per heavy atom. The van der Waals surface area contributed by atoms with Crippen LogP contribution >= 0.6 is 27.3 Å². The number of nitriles is 1. The van der Waals surface area contributed by atoms with E-state index in [-0.39, 0.29) is 12.5 Å². The molecule has 20 heavy (non-hydrogen) atoms. The highest BCUT2D eigenvalue weighted by Crippen LogP contribution is 2.26. The maximum atomic E-state index is 12.9. The third-order valence-electron chi connectivity index (χ3n) is 2.29. The quantitative estimate of drug-likeness (QED) is 0.913. The lowest BCUT2D eigenvalue weighted by molar-refractivity contribution is -0.118. The fraction of sp³-hybridized carbons (Fsp3) is 0.0769. The number of halogens is 2. The lowest BCUT2D eigenvalue weighted by Gasteiger charge is -2.08. The van der Waals surface area contributed by atoms with Gasteiger partial charge in [0, 0.05) is 0 Å². The molecule has 0 fully saturated rings. The summed E-state index contributed by atoms with van der Waals surface area (Å²) in [4.78, 5) is 11.7. The van der Waals surface area contributed by atoms with Crippen LogP contribution in [0.4, 0.5) is 9.39 Å². The first-order valence-corrected chi connectivity index (χ1v) is 7.12. The first-order valence-electron chi connectivity index (χ1n) is 5.45. The summed E-state index contributed by atoms with van der Waals surface area (Å²) in [6.45, 7) is -0.229. The summed E-state index contributed by atoms with van der Waals surface area (Å²) in [5.41, 5.74) is 0.409. The van der Waals surface area contributed by atoms with E-state index < -0.39 is 5.82 Å². The van der Waals surface area contributed by atoms with Gasteiger partial charge in [-0.25, -0.2) is 4.39 Å². The number of anilines is 1. The fourth-order valence-electron chi connectivity index (χ4n) is 1.39. The predicted molar refractivity (Wildman–Crippen MR) is 77.3 cm³/mol. The van der Waals surface area contributed by atoms with Crippen molar-refractivity contribution in [2.24, 2.45) is 0 Å². The van der Waals surface area contributed by atoms with Gasteiger partial charge in [0.2, 0.25) is 0 Å². The van der Waals surface area contributed by atoms with Crippen molar-refractivity contribution in [2.75, 3.05) is 11.9 Å². The van der Waals surface area contributed by atoms with Crippen molar-refractivity contribution in [3.05, 3.63) is 45.5 Å². The molecule has 0 radical (unpaired) electrons. The number of amides is 1. The van der Waals surface area contributed by atoms with Crippen molar-refractivity contribution in [1.29, 1.82) is 5.26 Å². The fourth-order valence-corrected chi connectivity index (χ4v) is 2.61. The van der Waals surface area contributed by atoms with Crippen LogP contribution in [-0.4, -0.2) is 12.5 Å². The van der Waals surface area contributed by atoms with Gasteiger partial charge in [0.05, 0.1) is 10.0 Å². The molecule has 1 amide bonds. The lowest BCUT2D eigenvalue weighted by atomic mass is 10.3. The van der Waals surface area contributed by atoms with Crippen LogP contribution in [0, 0.1) is 17.1 Å². The maximum absolute atomic E-state index is 12.9. The second-order valence-electron chi connectivity index (χ2n) is 3.69. The number of nitrogens with one attached hydrogen (secondary N) is 1. The Bertz CT molecular complexity index is 681.